The molecule has 0 aromatic heterocycles. The summed E-state index contributed by atoms with van der Waals surface area (Å²) in [7, 11) is 0. The fourth-order valence-electron chi connectivity index (χ4n) is 3.76. The molecule has 0 aliphatic heterocycles. The van der Waals surface area contributed by atoms with Gasteiger partial charge in [-0.2, -0.15) is 0 Å². The first-order valence-corrected chi connectivity index (χ1v) is 7.35. The SMILES string of the molecule is CC(C)(C)OC(=O)NC1(C2C(N)C2(C)C)CCCC1. The maximum absolute atomic E-state index is 12.1. The van der Waals surface area contributed by atoms with Crippen molar-refractivity contribution in [3.63, 3.8) is 0 Å². The summed E-state index contributed by atoms with van der Waals surface area (Å²) in [5.74, 6) is 0.370. The zero-order chi connectivity index (χ0) is 14.5. The average Bonchev–Trinajstić information content (AvgIpc) is 2.59. The minimum Gasteiger partial charge on any atom is -0.444 e. The fourth-order valence-corrected chi connectivity index (χ4v) is 3.76. The molecule has 0 aromatic rings. The van der Waals surface area contributed by atoms with Crippen LogP contribution in [0.25, 0.3) is 0 Å². The van der Waals surface area contributed by atoms with Crippen molar-refractivity contribution in [2.75, 3.05) is 0 Å². The van der Waals surface area contributed by atoms with Crippen LogP contribution in [0.15, 0.2) is 0 Å². The van der Waals surface area contributed by atoms with Crippen LogP contribution in [0, 0.1) is 11.3 Å². The quantitative estimate of drug-likeness (QED) is 0.809. The number of carbonyl (C=O) groups excluding carboxylic acids is 1. The number of amides is 1. The van der Waals surface area contributed by atoms with E-state index in [4.69, 9.17) is 10.5 Å². The van der Waals surface area contributed by atoms with Crippen molar-refractivity contribution < 1.29 is 9.53 Å². The van der Waals surface area contributed by atoms with Crippen LogP contribution in [0.1, 0.15) is 60.3 Å². The first-order valence-electron chi connectivity index (χ1n) is 7.35. The smallest absolute Gasteiger partial charge is 0.408 e. The first-order chi connectivity index (χ1) is 8.58. The first kappa shape index (κ1) is 14.6. The maximum atomic E-state index is 12.1. The molecule has 0 spiro atoms. The Morgan fingerprint density at radius 2 is 1.74 bits per heavy atom. The second-order valence-corrected chi connectivity index (χ2v) is 7.81. The molecule has 4 heteroatoms. The summed E-state index contributed by atoms with van der Waals surface area (Å²) >= 11 is 0. The van der Waals surface area contributed by atoms with Crippen molar-refractivity contribution in [3.05, 3.63) is 0 Å². The molecule has 0 bridgehead atoms. The van der Waals surface area contributed by atoms with Crippen molar-refractivity contribution in [3.8, 4) is 0 Å². The fraction of sp³-hybridized carbons (Fsp3) is 0.933. The third-order valence-corrected chi connectivity index (χ3v) is 4.75. The van der Waals surface area contributed by atoms with Crippen LogP contribution in [0.2, 0.25) is 0 Å². The van der Waals surface area contributed by atoms with Gasteiger partial charge in [-0.1, -0.05) is 26.7 Å². The second-order valence-electron chi connectivity index (χ2n) is 7.81. The second kappa shape index (κ2) is 4.37. The van der Waals surface area contributed by atoms with Crippen LogP contribution in [-0.4, -0.2) is 23.3 Å². The molecule has 110 valence electrons. The van der Waals surface area contributed by atoms with E-state index in [2.05, 4.69) is 19.2 Å². The largest absolute Gasteiger partial charge is 0.444 e. The van der Waals surface area contributed by atoms with E-state index in [1.165, 1.54) is 0 Å². The van der Waals surface area contributed by atoms with Gasteiger partial charge in [0, 0.05) is 17.5 Å². The van der Waals surface area contributed by atoms with Gasteiger partial charge in [-0.05, 0) is 39.0 Å². The Morgan fingerprint density at radius 1 is 1.26 bits per heavy atom. The molecule has 1 amide bonds. The van der Waals surface area contributed by atoms with Crippen LogP contribution in [0.5, 0.6) is 0 Å². The molecule has 4 nitrogen and oxygen atoms in total. The Bertz CT molecular complexity index is 365. The Hall–Kier alpha value is -0.770. The van der Waals surface area contributed by atoms with Crippen LogP contribution < -0.4 is 11.1 Å². The number of carbonyl (C=O) groups is 1. The highest BCUT2D eigenvalue weighted by atomic mass is 16.6. The summed E-state index contributed by atoms with van der Waals surface area (Å²) < 4.78 is 5.42. The van der Waals surface area contributed by atoms with Gasteiger partial charge in [0.1, 0.15) is 5.60 Å². The van der Waals surface area contributed by atoms with Gasteiger partial charge in [-0.15, -0.1) is 0 Å². The highest BCUT2D eigenvalue weighted by molar-refractivity contribution is 5.69. The van der Waals surface area contributed by atoms with Gasteiger partial charge >= 0.3 is 6.09 Å². The van der Waals surface area contributed by atoms with Crippen LogP contribution in [0.4, 0.5) is 4.79 Å². The molecule has 2 fully saturated rings. The number of nitrogens with one attached hydrogen (secondary N) is 1. The number of alkyl carbamates (subject to hydrolysis) is 1. The van der Waals surface area contributed by atoms with Gasteiger partial charge in [-0.25, -0.2) is 4.79 Å². The van der Waals surface area contributed by atoms with Gasteiger partial charge < -0.3 is 15.8 Å². The normalized spacial score (nSPS) is 31.9. The van der Waals surface area contributed by atoms with E-state index < -0.39 is 5.60 Å². The number of hydrogen-bond donors (Lipinski definition) is 2. The third kappa shape index (κ3) is 2.73. The zero-order valence-corrected chi connectivity index (χ0v) is 12.9. The van der Waals surface area contributed by atoms with Crippen molar-refractivity contribution in [2.24, 2.45) is 17.1 Å². The molecular weight excluding hydrogens is 240 g/mol. The summed E-state index contributed by atoms with van der Waals surface area (Å²) in [5, 5.41) is 3.16. The Kier molecular flexibility index (Phi) is 3.37. The van der Waals surface area contributed by atoms with Gasteiger partial charge in [0.15, 0.2) is 0 Å². The number of rotatable bonds is 2. The summed E-state index contributed by atoms with van der Waals surface area (Å²) in [5.41, 5.74) is 5.74. The summed E-state index contributed by atoms with van der Waals surface area (Å²) in [6, 6.07) is 0.181. The summed E-state index contributed by atoms with van der Waals surface area (Å²) in [6.45, 7) is 10.1. The molecule has 2 aliphatic rings. The van der Waals surface area contributed by atoms with Crippen molar-refractivity contribution >= 4 is 6.09 Å². The predicted molar refractivity (Wildman–Crippen MR) is 75.8 cm³/mol. The highest BCUT2D eigenvalue weighted by Crippen LogP contribution is 2.60. The molecule has 2 aliphatic carbocycles. The Balaban J connectivity index is 2.08. The Labute approximate surface area is 116 Å². The van der Waals surface area contributed by atoms with Crippen LogP contribution >= 0.6 is 0 Å². The molecule has 3 N–H and O–H groups in total. The Morgan fingerprint density at radius 3 is 2.11 bits per heavy atom. The zero-order valence-electron chi connectivity index (χ0n) is 12.9. The molecule has 2 rings (SSSR count). The maximum Gasteiger partial charge on any atom is 0.408 e. The molecule has 0 heterocycles. The molecule has 2 saturated carbocycles. The molecule has 2 atom stereocenters. The minimum absolute atomic E-state index is 0.124. The van der Waals surface area contributed by atoms with E-state index in [1.807, 2.05) is 20.8 Å². The lowest BCUT2D eigenvalue weighted by atomic mass is 9.87. The number of nitrogens with two attached hydrogens (primary N) is 1. The molecule has 0 radical (unpaired) electrons. The van der Waals surface area contributed by atoms with Crippen molar-refractivity contribution in [1.82, 2.24) is 5.32 Å². The van der Waals surface area contributed by atoms with E-state index in [9.17, 15) is 4.79 Å². The standard InChI is InChI=1S/C15H28N2O2/c1-13(2,3)19-12(18)17-15(8-6-7-9-15)10-11(16)14(10,4)5/h10-11H,6-9,16H2,1-5H3,(H,17,18). The third-order valence-electron chi connectivity index (χ3n) is 4.75. The van der Waals surface area contributed by atoms with E-state index in [-0.39, 0.29) is 23.1 Å². The van der Waals surface area contributed by atoms with Gasteiger partial charge in [0.05, 0.1) is 0 Å². The molecule has 0 aromatic carbocycles. The molecular formula is C15H28N2O2. The van der Waals surface area contributed by atoms with E-state index in [1.54, 1.807) is 0 Å². The van der Waals surface area contributed by atoms with Crippen LogP contribution in [0.3, 0.4) is 0 Å². The predicted octanol–water partition coefficient (Wildman–Crippen LogP) is 2.81. The number of ether oxygens (including phenoxy) is 1. The van der Waals surface area contributed by atoms with E-state index in [0.717, 1.165) is 25.7 Å². The molecule has 2 unspecified atom stereocenters. The minimum atomic E-state index is -0.453. The lowest BCUT2D eigenvalue weighted by Crippen LogP contribution is -2.51. The van der Waals surface area contributed by atoms with Crippen LogP contribution in [-0.2, 0) is 4.74 Å². The molecule has 0 saturated heterocycles. The van der Waals surface area contributed by atoms with Crippen molar-refractivity contribution in [1.29, 1.82) is 0 Å². The van der Waals surface area contributed by atoms with E-state index >= 15 is 0 Å². The lowest BCUT2D eigenvalue weighted by Gasteiger charge is -2.33. The summed E-state index contributed by atoms with van der Waals surface area (Å²) in [4.78, 5) is 12.1. The highest BCUT2D eigenvalue weighted by Gasteiger charge is 2.65. The lowest BCUT2D eigenvalue weighted by molar-refractivity contribution is 0.0432. The average molecular weight is 268 g/mol. The van der Waals surface area contributed by atoms with Gasteiger partial charge in [0.25, 0.3) is 0 Å². The number of hydrogen-bond acceptors (Lipinski definition) is 3. The van der Waals surface area contributed by atoms with Gasteiger partial charge in [0.2, 0.25) is 0 Å². The van der Waals surface area contributed by atoms with Gasteiger partial charge in [-0.3, -0.25) is 0 Å². The molecule has 19 heavy (non-hydrogen) atoms. The van der Waals surface area contributed by atoms with E-state index in [0.29, 0.717) is 5.92 Å². The monoisotopic (exact) mass is 268 g/mol. The topological polar surface area (TPSA) is 64.3 Å². The van der Waals surface area contributed by atoms with Crippen molar-refractivity contribution in [2.45, 2.75) is 77.5 Å². The summed E-state index contributed by atoms with van der Waals surface area (Å²) in [6.07, 6.45) is 4.07.